The molecule has 0 saturated carbocycles. The Morgan fingerprint density at radius 3 is 2.19 bits per heavy atom. The van der Waals surface area contributed by atoms with E-state index in [-0.39, 0.29) is 24.4 Å². The number of ketones is 1. The van der Waals surface area contributed by atoms with E-state index in [9.17, 15) is 4.79 Å². The van der Waals surface area contributed by atoms with Crippen molar-refractivity contribution < 1.29 is 28.5 Å². The van der Waals surface area contributed by atoms with E-state index in [4.69, 9.17) is 23.7 Å². The number of hydrogen-bond acceptors (Lipinski definition) is 7. The number of benzene rings is 3. The van der Waals surface area contributed by atoms with Crippen LogP contribution in [0.3, 0.4) is 0 Å². The number of methoxy groups -OCH3 is 3. The molecule has 0 unspecified atom stereocenters. The number of ether oxygens (including phenoxy) is 5. The minimum Gasteiger partial charge on any atom is -0.493 e. The van der Waals surface area contributed by atoms with Crippen LogP contribution in [0.2, 0.25) is 0 Å². The zero-order valence-corrected chi connectivity index (χ0v) is 20.4. The predicted octanol–water partition coefficient (Wildman–Crippen LogP) is 5.40. The quantitative estimate of drug-likeness (QED) is 0.519. The first-order valence-corrected chi connectivity index (χ1v) is 11.9. The van der Waals surface area contributed by atoms with Gasteiger partial charge in [-0.1, -0.05) is 30.3 Å². The molecule has 0 aromatic heterocycles. The number of rotatable bonds is 5. The number of nitrogens with one attached hydrogen (secondary N) is 1. The molecule has 2 heterocycles. The van der Waals surface area contributed by atoms with Crippen LogP contribution in [-0.2, 0) is 4.79 Å². The topological polar surface area (TPSA) is 75.3 Å². The molecule has 7 heteroatoms. The van der Waals surface area contributed by atoms with Gasteiger partial charge in [-0.25, -0.2) is 0 Å². The molecule has 0 radical (unpaired) electrons. The Kier molecular flexibility index (Phi) is 5.48. The highest BCUT2D eigenvalue weighted by molar-refractivity contribution is 6.02. The number of allylic oxidation sites excluding steroid dienone is 2. The fourth-order valence-electron chi connectivity index (χ4n) is 5.57. The van der Waals surface area contributed by atoms with Crippen LogP contribution in [0.4, 0.5) is 5.69 Å². The van der Waals surface area contributed by atoms with Gasteiger partial charge < -0.3 is 29.0 Å². The Bertz CT molecular complexity index is 1360. The highest BCUT2D eigenvalue weighted by Crippen LogP contribution is 2.52. The smallest absolute Gasteiger partial charge is 0.231 e. The van der Waals surface area contributed by atoms with Gasteiger partial charge >= 0.3 is 0 Å². The van der Waals surface area contributed by atoms with Gasteiger partial charge in [0.2, 0.25) is 12.5 Å². The SMILES string of the molecule is COc1cc([C@H]2CC(=O)C3=C(C2)Nc2cc4c(cc2[C@@H]3c2ccccc2)OCO4)cc(OC)c1OC. The maximum atomic E-state index is 13.8. The Morgan fingerprint density at radius 2 is 1.53 bits per heavy atom. The molecule has 0 fully saturated rings. The minimum atomic E-state index is -0.180. The zero-order chi connectivity index (χ0) is 24.8. The first kappa shape index (κ1) is 22.3. The Morgan fingerprint density at radius 1 is 0.833 bits per heavy atom. The van der Waals surface area contributed by atoms with Crippen molar-refractivity contribution >= 4 is 11.5 Å². The van der Waals surface area contributed by atoms with E-state index >= 15 is 0 Å². The van der Waals surface area contributed by atoms with Crippen molar-refractivity contribution in [2.75, 3.05) is 33.4 Å². The van der Waals surface area contributed by atoms with Crippen LogP contribution >= 0.6 is 0 Å². The van der Waals surface area contributed by atoms with E-state index < -0.39 is 0 Å². The Hall–Kier alpha value is -4.13. The summed E-state index contributed by atoms with van der Waals surface area (Å²) in [6, 6.07) is 18.0. The van der Waals surface area contributed by atoms with Crippen LogP contribution in [0.5, 0.6) is 28.7 Å². The molecular weight excluding hydrogens is 458 g/mol. The van der Waals surface area contributed by atoms with Crippen LogP contribution in [0.15, 0.2) is 65.9 Å². The van der Waals surface area contributed by atoms with Gasteiger partial charge in [0.25, 0.3) is 0 Å². The molecule has 2 atom stereocenters. The van der Waals surface area contributed by atoms with Crippen molar-refractivity contribution in [3.05, 3.63) is 82.6 Å². The highest BCUT2D eigenvalue weighted by Gasteiger charge is 2.39. The van der Waals surface area contributed by atoms with Gasteiger partial charge in [0.05, 0.1) is 21.3 Å². The van der Waals surface area contributed by atoms with Crippen molar-refractivity contribution in [1.82, 2.24) is 0 Å². The van der Waals surface area contributed by atoms with Gasteiger partial charge in [0.1, 0.15) is 0 Å². The largest absolute Gasteiger partial charge is 0.493 e. The third-order valence-corrected chi connectivity index (χ3v) is 7.23. The number of fused-ring (bicyclic) bond motifs is 2. The molecule has 3 aromatic carbocycles. The lowest BCUT2D eigenvalue weighted by molar-refractivity contribution is -0.116. The average Bonchev–Trinajstić information content (AvgIpc) is 3.37. The van der Waals surface area contributed by atoms with Gasteiger partial charge in [-0.3, -0.25) is 4.79 Å². The molecule has 184 valence electrons. The molecule has 6 rings (SSSR count). The third kappa shape index (κ3) is 3.54. The van der Waals surface area contributed by atoms with Crippen LogP contribution in [0.25, 0.3) is 0 Å². The van der Waals surface area contributed by atoms with E-state index in [0.29, 0.717) is 41.6 Å². The Balaban J connectivity index is 1.45. The van der Waals surface area contributed by atoms with Crippen LogP contribution in [0, 0.1) is 0 Å². The fraction of sp³-hybridized carbons (Fsp3) is 0.276. The van der Waals surface area contributed by atoms with Gasteiger partial charge in [0, 0.05) is 35.4 Å². The van der Waals surface area contributed by atoms with Gasteiger partial charge in [-0.15, -0.1) is 0 Å². The van der Waals surface area contributed by atoms with E-state index in [2.05, 4.69) is 17.4 Å². The van der Waals surface area contributed by atoms with Crippen molar-refractivity contribution in [2.45, 2.75) is 24.7 Å². The molecule has 1 aliphatic carbocycles. The summed E-state index contributed by atoms with van der Waals surface area (Å²) in [5, 5.41) is 3.57. The number of carbonyl (C=O) groups is 1. The lowest BCUT2D eigenvalue weighted by atomic mass is 9.72. The summed E-state index contributed by atoms with van der Waals surface area (Å²) in [5.41, 5.74) is 5.75. The summed E-state index contributed by atoms with van der Waals surface area (Å²) in [4.78, 5) is 13.8. The molecule has 1 N–H and O–H groups in total. The number of carbonyl (C=O) groups excluding carboxylic acids is 1. The van der Waals surface area contributed by atoms with E-state index in [0.717, 1.165) is 33.6 Å². The van der Waals surface area contributed by atoms with E-state index in [1.165, 1.54) is 0 Å². The minimum absolute atomic E-state index is 0.0376. The second-order valence-electron chi connectivity index (χ2n) is 9.14. The standard InChI is InChI=1S/C29H27NO6/c1-32-25-11-18(12-26(33-2)29(25)34-3)17-9-21-28(22(31)10-17)27(16-7-5-4-6-8-16)19-13-23-24(36-15-35-23)14-20(19)30-21/h4-8,11-14,17,27,30H,9-10,15H2,1-3H3/t17-,27+/m1/s1. The number of Topliss-reactive ketones (excluding diaryl/α,β-unsaturated/α-hetero) is 1. The summed E-state index contributed by atoms with van der Waals surface area (Å²) < 4.78 is 27.9. The molecule has 0 bridgehead atoms. The fourth-order valence-corrected chi connectivity index (χ4v) is 5.57. The second kappa shape index (κ2) is 8.82. The van der Waals surface area contributed by atoms with E-state index in [1.54, 1.807) is 21.3 Å². The second-order valence-corrected chi connectivity index (χ2v) is 9.14. The average molecular weight is 486 g/mol. The number of anilines is 1. The highest BCUT2D eigenvalue weighted by atomic mass is 16.7. The van der Waals surface area contributed by atoms with Gasteiger partial charge in [0.15, 0.2) is 28.8 Å². The van der Waals surface area contributed by atoms with Crippen molar-refractivity contribution in [3.8, 4) is 28.7 Å². The molecule has 3 aliphatic rings. The predicted molar refractivity (Wildman–Crippen MR) is 135 cm³/mol. The molecular formula is C29H27NO6. The molecule has 7 nitrogen and oxygen atoms in total. The molecule has 3 aromatic rings. The summed E-state index contributed by atoms with van der Waals surface area (Å²) in [6.45, 7) is 0.198. The normalized spacial score (nSPS) is 19.8. The lowest BCUT2D eigenvalue weighted by Gasteiger charge is -2.37. The maximum absolute atomic E-state index is 13.8. The number of hydrogen-bond donors (Lipinski definition) is 1. The molecule has 0 amide bonds. The van der Waals surface area contributed by atoms with Crippen LogP contribution in [-0.4, -0.2) is 33.9 Å². The molecule has 36 heavy (non-hydrogen) atoms. The zero-order valence-electron chi connectivity index (χ0n) is 20.4. The summed E-state index contributed by atoms with van der Waals surface area (Å²) in [5.74, 6) is 3.02. The first-order chi connectivity index (χ1) is 17.6. The van der Waals surface area contributed by atoms with Crippen molar-refractivity contribution in [2.24, 2.45) is 0 Å². The van der Waals surface area contributed by atoms with Gasteiger partial charge in [-0.05, 0) is 47.2 Å². The summed E-state index contributed by atoms with van der Waals surface area (Å²) in [7, 11) is 4.78. The van der Waals surface area contributed by atoms with Gasteiger partial charge in [-0.2, -0.15) is 0 Å². The first-order valence-electron chi connectivity index (χ1n) is 11.9. The molecule has 0 saturated heterocycles. The maximum Gasteiger partial charge on any atom is 0.231 e. The lowest BCUT2D eigenvalue weighted by Crippen LogP contribution is -2.29. The van der Waals surface area contributed by atoms with Crippen molar-refractivity contribution in [3.63, 3.8) is 0 Å². The van der Waals surface area contributed by atoms with E-state index in [1.807, 2.05) is 42.5 Å². The molecule has 2 aliphatic heterocycles. The molecule has 0 spiro atoms. The monoisotopic (exact) mass is 485 g/mol. The van der Waals surface area contributed by atoms with Crippen molar-refractivity contribution in [1.29, 1.82) is 0 Å². The Labute approximate surface area is 209 Å². The third-order valence-electron chi connectivity index (χ3n) is 7.23. The van der Waals surface area contributed by atoms with Crippen LogP contribution in [0.1, 0.15) is 41.4 Å². The summed E-state index contributed by atoms with van der Waals surface area (Å²) >= 11 is 0. The van der Waals surface area contributed by atoms with Crippen LogP contribution < -0.4 is 29.0 Å². The summed E-state index contributed by atoms with van der Waals surface area (Å²) in [6.07, 6.45) is 1.07.